The summed E-state index contributed by atoms with van der Waals surface area (Å²) in [5, 5.41) is 12.3. The first-order valence-corrected chi connectivity index (χ1v) is 4.21. The second kappa shape index (κ2) is 5.70. The lowest BCUT2D eigenvalue weighted by Gasteiger charge is -2.08. The third-order valence-electron chi connectivity index (χ3n) is 1.58. The number of halogens is 1. The number of nitrogens with one attached hydrogen (secondary N) is 1. The standard InChI is InChI=1S/C10H15NO.ClH/c1-8(2)7-11-9-3-5-10(12)6-4-9;/h3-6,8,11-12H,7H2,1-2H3;1H. The van der Waals surface area contributed by atoms with Gasteiger partial charge in [0.15, 0.2) is 0 Å². The molecule has 13 heavy (non-hydrogen) atoms. The maximum absolute atomic E-state index is 9.01. The Labute approximate surface area is 85.4 Å². The van der Waals surface area contributed by atoms with E-state index >= 15 is 0 Å². The minimum Gasteiger partial charge on any atom is -0.508 e. The Bertz CT molecular complexity index is 233. The summed E-state index contributed by atoms with van der Waals surface area (Å²) >= 11 is 0. The molecule has 0 heterocycles. The smallest absolute Gasteiger partial charge is 0.115 e. The molecule has 1 rings (SSSR count). The molecule has 0 fully saturated rings. The highest BCUT2D eigenvalue weighted by Crippen LogP contribution is 2.13. The van der Waals surface area contributed by atoms with E-state index in [-0.39, 0.29) is 12.4 Å². The monoisotopic (exact) mass is 201 g/mol. The number of aromatic hydroxyl groups is 1. The molecular formula is C10H16ClNO. The molecule has 0 aliphatic heterocycles. The van der Waals surface area contributed by atoms with E-state index in [0.29, 0.717) is 11.7 Å². The fraction of sp³-hybridized carbons (Fsp3) is 0.400. The summed E-state index contributed by atoms with van der Waals surface area (Å²) in [5.41, 5.74) is 1.06. The van der Waals surface area contributed by atoms with E-state index in [1.165, 1.54) is 0 Å². The van der Waals surface area contributed by atoms with E-state index in [0.717, 1.165) is 12.2 Å². The lowest BCUT2D eigenvalue weighted by Crippen LogP contribution is -2.07. The fourth-order valence-electron chi connectivity index (χ4n) is 0.901. The van der Waals surface area contributed by atoms with Gasteiger partial charge < -0.3 is 10.4 Å². The highest BCUT2D eigenvalue weighted by molar-refractivity contribution is 5.85. The van der Waals surface area contributed by atoms with Crippen molar-refractivity contribution in [2.45, 2.75) is 13.8 Å². The van der Waals surface area contributed by atoms with E-state index in [4.69, 9.17) is 5.11 Å². The molecule has 0 aromatic heterocycles. The molecule has 74 valence electrons. The second-order valence-corrected chi connectivity index (χ2v) is 3.32. The first-order valence-electron chi connectivity index (χ1n) is 4.21. The van der Waals surface area contributed by atoms with Gasteiger partial charge in [-0.1, -0.05) is 13.8 Å². The largest absolute Gasteiger partial charge is 0.508 e. The van der Waals surface area contributed by atoms with Gasteiger partial charge in [-0.25, -0.2) is 0 Å². The molecule has 2 nitrogen and oxygen atoms in total. The van der Waals surface area contributed by atoms with Gasteiger partial charge in [0.2, 0.25) is 0 Å². The third-order valence-corrected chi connectivity index (χ3v) is 1.58. The Kier molecular flexibility index (Phi) is 5.31. The molecule has 0 unspecified atom stereocenters. The van der Waals surface area contributed by atoms with Crippen molar-refractivity contribution < 1.29 is 5.11 Å². The summed E-state index contributed by atoms with van der Waals surface area (Å²) in [4.78, 5) is 0. The fourth-order valence-corrected chi connectivity index (χ4v) is 0.901. The van der Waals surface area contributed by atoms with Crippen LogP contribution in [-0.4, -0.2) is 11.7 Å². The summed E-state index contributed by atoms with van der Waals surface area (Å²) in [6, 6.07) is 7.11. The molecule has 0 radical (unpaired) electrons. The lowest BCUT2D eigenvalue weighted by atomic mass is 10.2. The summed E-state index contributed by atoms with van der Waals surface area (Å²) in [6.07, 6.45) is 0. The van der Waals surface area contributed by atoms with Gasteiger partial charge >= 0.3 is 0 Å². The summed E-state index contributed by atoms with van der Waals surface area (Å²) < 4.78 is 0. The molecule has 3 heteroatoms. The molecule has 0 saturated carbocycles. The third kappa shape index (κ3) is 4.63. The van der Waals surface area contributed by atoms with E-state index in [1.54, 1.807) is 12.1 Å². The van der Waals surface area contributed by atoms with Crippen LogP contribution in [0.25, 0.3) is 0 Å². The Hall–Kier alpha value is -0.890. The zero-order chi connectivity index (χ0) is 8.97. The maximum atomic E-state index is 9.01. The topological polar surface area (TPSA) is 32.3 Å². The van der Waals surface area contributed by atoms with Gasteiger partial charge in [-0.05, 0) is 30.2 Å². The van der Waals surface area contributed by atoms with E-state index in [1.807, 2.05) is 12.1 Å². The van der Waals surface area contributed by atoms with Crippen molar-refractivity contribution in [1.82, 2.24) is 0 Å². The highest BCUT2D eigenvalue weighted by Gasteiger charge is 1.94. The predicted octanol–water partition coefficient (Wildman–Crippen LogP) is 2.88. The van der Waals surface area contributed by atoms with Gasteiger partial charge in [-0.15, -0.1) is 12.4 Å². The molecule has 2 N–H and O–H groups in total. The Morgan fingerprint density at radius 2 is 1.77 bits per heavy atom. The Morgan fingerprint density at radius 1 is 1.23 bits per heavy atom. The number of benzene rings is 1. The van der Waals surface area contributed by atoms with Crippen molar-refractivity contribution in [2.24, 2.45) is 5.92 Å². The van der Waals surface area contributed by atoms with Crippen molar-refractivity contribution in [2.75, 3.05) is 11.9 Å². The van der Waals surface area contributed by atoms with Gasteiger partial charge in [-0.3, -0.25) is 0 Å². The minimum atomic E-state index is 0. The summed E-state index contributed by atoms with van der Waals surface area (Å²) in [6.45, 7) is 5.28. The zero-order valence-electron chi connectivity index (χ0n) is 7.95. The molecule has 0 amide bonds. The van der Waals surface area contributed by atoms with Crippen LogP contribution in [0.3, 0.4) is 0 Å². The number of phenolic OH excluding ortho intramolecular Hbond substituents is 1. The molecule has 0 saturated heterocycles. The molecular weight excluding hydrogens is 186 g/mol. The molecule has 0 spiro atoms. The first kappa shape index (κ1) is 12.1. The van der Waals surface area contributed by atoms with E-state index in [9.17, 15) is 0 Å². The van der Waals surface area contributed by atoms with Crippen LogP contribution in [0.4, 0.5) is 5.69 Å². The quantitative estimate of drug-likeness (QED) is 0.738. The predicted molar refractivity (Wildman–Crippen MR) is 58.7 cm³/mol. The van der Waals surface area contributed by atoms with Crippen LogP contribution < -0.4 is 5.32 Å². The minimum absolute atomic E-state index is 0. The van der Waals surface area contributed by atoms with Crippen molar-refractivity contribution in [3.63, 3.8) is 0 Å². The van der Waals surface area contributed by atoms with E-state index < -0.39 is 0 Å². The van der Waals surface area contributed by atoms with Gasteiger partial charge in [0.25, 0.3) is 0 Å². The van der Waals surface area contributed by atoms with Gasteiger partial charge in [0.1, 0.15) is 5.75 Å². The molecule has 0 atom stereocenters. The molecule has 0 aliphatic rings. The van der Waals surface area contributed by atoms with Crippen LogP contribution >= 0.6 is 12.4 Å². The number of hydrogen-bond donors (Lipinski definition) is 2. The van der Waals surface area contributed by atoms with Crippen molar-refractivity contribution in [1.29, 1.82) is 0 Å². The SMILES string of the molecule is CC(C)CNc1ccc(O)cc1.Cl. The van der Waals surface area contributed by atoms with Crippen molar-refractivity contribution in [3.05, 3.63) is 24.3 Å². The summed E-state index contributed by atoms with van der Waals surface area (Å²) in [5.74, 6) is 0.948. The number of hydrogen-bond acceptors (Lipinski definition) is 2. The summed E-state index contributed by atoms with van der Waals surface area (Å²) in [7, 11) is 0. The van der Waals surface area contributed by atoms with Gasteiger partial charge in [0, 0.05) is 12.2 Å². The second-order valence-electron chi connectivity index (χ2n) is 3.32. The van der Waals surface area contributed by atoms with Crippen LogP contribution in [0.2, 0.25) is 0 Å². The van der Waals surface area contributed by atoms with Crippen molar-refractivity contribution in [3.8, 4) is 5.75 Å². The Balaban J connectivity index is 0.00000144. The number of anilines is 1. The van der Waals surface area contributed by atoms with Crippen LogP contribution in [0.5, 0.6) is 5.75 Å². The number of phenols is 1. The molecule has 0 aliphatic carbocycles. The van der Waals surface area contributed by atoms with Gasteiger partial charge in [-0.2, -0.15) is 0 Å². The van der Waals surface area contributed by atoms with Crippen LogP contribution in [-0.2, 0) is 0 Å². The lowest BCUT2D eigenvalue weighted by molar-refractivity contribution is 0.475. The van der Waals surface area contributed by atoms with Crippen molar-refractivity contribution >= 4 is 18.1 Å². The van der Waals surface area contributed by atoms with Crippen LogP contribution in [0.1, 0.15) is 13.8 Å². The average molecular weight is 202 g/mol. The van der Waals surface area contributed by atoms with Gasteiger partial charge in [0.05, 0.1) is 0 Å². The highest BCUT2D eigenvalue weighted by atomic mass is 35.5. The maximum Gasteiger partial charge on any atom is 0.115 e. The zero-order valence-corrected chi connectivity index (χ0v) is 8.77. The van der Waals surface area contributed by atoms with E-state index in [2.05, 4.69) is 19.2 Å². The Morgan fingerprint density at radius 3 is 2.23 bits per heavy atom. The number of rotatable bonds is 3. The molecule has 1 aromatic carbocycles. The molecule has 1 aromatic rings. The average Bonchev–Trinajstić information content (AvgIpc) is 2.03. The van der Waals surface area contributed by atoms with Crippen LogP contribution in [0.15, 0.2) is 24.3 Å². The normalized spacial score (nSPS) is 9.46. The van der Waals surface area contributed by atoms with Crippen LogP contribution in [0, 0.1) is 5.92 Å². The first-order chi connectivity index (χ1) is 5.68. The molecule has 0 bridgehead atoms.